The van der Waals surface area contributed by atoms with E-state index >= 15 is 0 Å². The highest BCUT2D eigenvalue weighted by molar-refractivity contribution is 6.31. The number of rotatable bonds is 3. The van der Waals surface area contributed by atoms with Gasteiger partial charge in [-0.2, -0.15) is 5.10 Å². The summed E-state index contributed by atoms with van der Waals surface area (Å²) in [6, 6.07) is 11.4. The number of aromatic nitrogens is 2. The quantitative estimate of drug-likeness (QED) is 0.616. The van der Waals surface area contributed by atoms with E-state index in [1.54, 1.807) is 4.68 Å². The first-order valence-electron chi connectivity index (χ1n) is 9.53. The van der Waals surface area contributed by atoms with Gasteiger partial charge in [-0.3, -0.25) is 9.59 Å². The number of fused-ring (bicyclic) bond motifs is 1. The van der Waals surface area contributed by atoms with Crippen LogP contribution >= 0.6 is 11.6 Å². The summed E-state index contributed by atoms with van der Waals surface area (Å²) in [5.74, 6) is -0.261. The van der Waals surface area contributed by atoms with Crippen LogP contribution in [0, 0.1) is 27.7 Å². The molecule has 0 fully saturated rings. The molecule has 2 aromatic carbocycles. The number of nitrogens with one attached hydrogen (secondary N) is 1. The fraction of sp³-hybridized carbons (Fsp3) is 0.261. The van der Waals surface area contributed by atoms with Gasteiger partial charge in [-0.1, -0.05) is 35.4 Å². The summed E-state index contributed by atoms with van der Waals surface area (Å²) in [6.07, 6.45) is 0.112. The van der Waals surface area contributed by atoms with Gasteiger partial charge in [0.2, 0.25) is 5.91 Å². The molecule has 148 valence electrons. The third kappa shape index (κ3) is 3.36. The molecule has 0 spiro atoms. The van der Waals surface area contributed by atoms with Gasteiger partial charge in [-0.05, 0) is 57.0 Å². The molecule has 6 heteroatoms. The second-order valence-electron chi connectivity index (χ2n) is 7.68. The zero-order valence-electron chi connectivity index (χ0n) is 16.8. The Morgan fingerprint density at radius 3 is 2.55 bits per heavy atom. The topological polar surface area (TPSA) is 64.0 Å². The molecule has 1 aliphatic rings. The largest absolute Gasteiger partial charge is 0.310 e. The van der Waals surface area contributed by atoms with Crippen molar-refractivity contribution >= 4 is 29.1 Å². The van der Waals surface area contributed by atoms with Crippen LogP contribution in [0.4, 0.5) is 5.82 Å². The van der Waals surface area contributed by atoms with Crippen LogP contribution in [-0.4, -0.2) is 21.5 Å². The molecule has 0 bridgehead atoms. The van der Waals surface area contributed by atoms with Crippen LogP contribution in [0.3, 0.4) is 0 Å². The number of hydrogen-bond donors (Lipinski definition) is 1. The summed E-state index contributed by atoms with van der Waals surface area (Å²) >= 11 is 6.29. The van der Waals surface area contributed by atoms with Crippen molar-refractivity contribution in [3.63, 3.8) is 0 Å². The molecular formula is C23H22ClN3O2. The predicted octanol–water partition coefficient (Wildman–Crippen LogP) is 5.07. The molecule has 1 amide bonds. The number of anilines is 1. The van der Waals surface area contributed by atoms with E-state index in [2.05, 4.69) is 10.4 Å². The van der Waals surface area contributed by atoms with Crippen molar-refractivity contribution in [3.05, 3.63) is 74.9 Å². The minimum Gasteiger partial charge on any atom is -0.310 e. The summed E-state index contributed by atoms with van der Waals surface area (Å²) in [4.78, 5) is 25.9. The molecule has 5 nitrogen and oxygen atoms in total. The van der Waals surface area contributed by atoms with Crippen LogP contribution in [0.1, 0.15) is 50.6 Å². The molecule has 2 heterocycles. The van der Waals surface area contributed by atoms with E-state index in [0.29, 0.717) is 16.4 Å². The van der Waals surface area contributed by atoms with Crippen molar-refractivity contribution in [2.45, 2.75) is 40.0 Å². The fourth-order valence-corrected chi connectivity index (χ4v) is 4.04. The van der Waals surface area contributed by atoms with Crippen LogP contribution < -0.4 is 5.32 Å². The predicted molar refractivity (Wildman–Crippen MR) is 114 cm³/mol. The van der Waals surface area contributed by atoms with E-state index in [1.165, 1.54) is 0 Å². The Labute approximate surface area is 174 Å². The fourth-order valence-electron chi connectivity index (χ4n) is 3.86. The van der Waals surface area contributed by atoms with Crippen molar-refractivity contribution in [2.75, 3.05) is 5.32 Å². The van der Waals surface area contributed by atoms with Gasteiger partial charge in [0, 0.05) is 22.6 Å². The molecule has 1 atom stereocenters. The Bertz CT molecular complexity index is 1160. The molecular weight excluding hydrogens is 386 g/mol. The molecule has 0 saturated carbocycles. The van der Waals surface area contributed by atoms with Gasteiger partial charge >= 0.3 is 0 Å². The second-order valence-corrected chi connectivity index (χ2v) is 8.09. The smallest absolute Gasteiger partial charge is 0.226 e. The SMILES string of the molecule is Cc1ccc(C)c(C(=O)[C@H]2CC(=O)Nc3c2c(C)nn3-c2ccc(C)c(Cl)c2)c1. The molecule has 0 aliphatic carbocycles. The van der Waals surface area contributed by atoms with Crippen molar-refractivity contribution in [1.82, 2.24) is 9.78 Å². The standard InChI is InChI=1S/C23H22ClN3O2/c1-12-5-6-13(2)17(9-12)22(29)18-11-20(28)25-23-21(18)15(4)26-27(23)16-8-7-14(3)19(24)10-16/h5-10,18H,11H2,1-4H3,(H,25,28)/t18-/m0/s1. The highest BCUT2D eigenvalue weighted by Gasteiger charge is 2.36. The van der Waals surface area contributed by atoms with Gasteiger partial charge in [0.25, 0.3) is 0 Å². The van der Waals surface area contributed by atoms with Gasteiger partial charge in [0.05, 0.1) is 17.3 Å². The number of Topliss-reactive ketones (excluding diaryl/α,β-unsaturated/α-hetero) is 1. The van der Waals surface area contributed by atoms with Gasteiger partial charge in [0.1, 0.15) is 5.82 Å². The lowest BCUT2D eigenvalue weighted by Gasteiger charge is -2.24. The maximum Gasteiger partial charge on any atom is 0.226 e. The Kier molecular flexibility index (Phi) is 4.79. The summed E-state index contributed by atoms with van der Waals surface area (Å²) in [5.41, 5.74) is 5.77. The molecule has 0 unspecified atom stereocenters. The monoisotopic (exact) mass is 407 g/mol. The minimum absolute atomic E-state index is 0.0492. The van der Waals surface area contributed by atoms with Crippen molar-refractivity contribution < 1.29 is 9.59 Å². The third-order valence-corrected chi connectivity index (χ3v) is 5.88. The number of halogens is 1. The zero-order chi connectivity index (χ0) is 20.9. The average Bonchev–Trinajstić information content (AvgIpc) is 3.01. The van der Waals surface area contributed by atoms with Crippen LogP contribution in [-0.2, 0) is 4.79 Å². The van der Waals surface area contributed by atoms with E-state index in [1.807, 2.05) is 64.1 Å². The van der Waals surface area contributed by atoms with Crippen molar-refractivity contribution in [1.29, 1.82) is 0 Å². The Balaban J connectivity index is 1.85. The first-order valence-corrected chi connectivity index (χ1v) is 9.91. The maximum atomic E-state index is 13.4. The average molecular weight is 408 g/mol. The number of nitrogens with zero attached hydrogens (tertiary/aromatic N) is 2. The number of carbonyl (C=O) groups is 2. The highest BCUT2D eigenvalue weighted by Crippen LogP contribution is 2.39. The molecule has 0 saturated heterocycles. The third-order valence-electron chi connectivity index (χ3n) is 5.48. The van der Waals surface area contributed by atoms with Crippen molar-refractivity contribution in [3.8, 4) is 5.69 Å². The van der Waals surface area contributed by atoms with Gasteiger partial charge in [-0.15, -0.1) is 0 Å². The minimum atomic E-state index is -0.561. The lowest BCUT2D eigenvalue weighted by Crippen LogP contribution is -2.28. The first-order chi connectivity index (χ1) is 13.8. The Morgan fingerprint density at radius 2 is 1.83 bits per heavy atom. The van der Waals surface area contributed by atoms with E-state index in [9.17, 15) is 9.59 Å². The van der Waals surface area contributed by atoms with Crippen LogP contribution in [0.15, 0.2) is 36.4 Å². The van der Waals surface area contributed by atoms with E-state index in [0.717, 1.165) is 33.6 Å². The van der Waals surface area contributed by atoms with Gasteiger partial charge < -0.3 is 5.32 Å². The molecule has 29 heavy (non-hydrogen) atoms. The van der Waals surface area contributed by atoms with E-state index in [4.69, 9.17) is 11.6 Å². The maximum absolute atomic E-state index is 13.4. The number of carbonyl (C=O) groups excluding carboxylic acids is 2. The molecule has 1 aromatic heterocycles. The molecule has 3 aromatic rings. The summed E-state index contributed by atoms with van der Waals surface area (Å²) in [5, 5.41) is 8.16. The number of ketones is 1. The Hall–Kier alpha value is -2.92. The van der Waals surface area contributed by atoms with E-state index < -0.39 is 5.92 Å². The van der Waals surface area contributed by atoms with Gasteiger partial charge in [0.15, 0.2) is 5.78 Å². The van der Waals surface area contributed by atoms with Gasteiger partial charge in [-0.25, -0.2) is 4.68 Å². The number of hydrogen-bond acceptors (Lipinski definition) is 3. The lowest BCUT2D eigenvalue weighted by atomic mass is 9.84. The number of benzene rings is 2. The lowest BCUT2D eigenvalue weighted by molar-refractivity contribution is -0.116. The Morgan fingerprint density at radius 1 is 1.10 bits per heavy atom. The number of amides is 1. The number of aryl methyl sites for hydroxylation is 4. The second kappa shape index (κ2) is 7.16. The van der Waals surface area contributed by atoms with Crippen LogP contribution in [0.25, 0.3) is 5.69 Å². The molecule has 4 rings (SSSR count). The molecule has 1 aliphatic heterocycles. The first kappa shape index (κ1) is 19.4. The molecule has 1 N–H and O–H groups in total. The van der Waals surface area contributed by atoms with Crippen molar-refractivity contribution in [2.24, 2.45) is 0 Å². The van der Waals surface area contributed by atoms with Crippen LogP contribution in [0.5, 0.6) is 0 Å². The summed E-state index contributed by atoms with van der Waals surface area (Å²) in [7, 11) is 0. The highest BCUT2D eigenvalue weighted by atomic mass is 35.5. The van der Waals surface area contributed by atoms with E-state index in [-0.39, 0.29) is 18.1 Å². The molecule has 0 radical (unpaired) electrons. The summed E-state index contributed by atoms with van der Waals surface area (Å²) in [6.45, 7) is 7.67. The normalized spacial score (nSPS) is 15.8. The summed E-state index contributed by atoms with van der Waals surface area (Å²) < 4.78 is 1.66. The zero-order valence-corrected chi connectivity index (χ0v) is 17.6. The van der Waals surface area contributed by atoms with Crippen LogP contribution in [0.2, 0.25) is 5.02 Å².